The van der Waals surface area contributed by atoms with Gasteiger partial charge < -0.3 is 9.84 Å². The van der Waals surface area contributed by atoms with Gasteiger partial charge in [-0.05, 0) is 41.9 Å². The van der Waals surface area contributed by atoms with Crippen molar-refractivity contribution in [2.24, 2.45) is 0 Å². The Labute approximate surface area is 118 Å². The molecule has 0 spiro atoms. The van der Waals surface area contributed by atoms with Gasteiger partial charge in [0.15, 0.2) is 5.75 Å². The van der Waals surface area contributed by atoms with Gasteiger partial charge in [-0.2, -0.15) is 5.10 Å². The molecule has 0 aliphatic rings. The Kier molecular flexibility index (Phi) is 4.09. The maximum Gasteiger partial charge on any atom is 0.163 e. The summed E-state index contributed by atoms with van der Waals surface area (Å²) in [4.78, 5) is 0.863. The molecule has 2 rings (SSSR count). The van der Waals surface area contributed by atoms with Crippen LogP contribution in [0, 0.1) is 0 Å². The van der Waals surface area contributed by atoms with Crippen molar-refractivity contribution in [1.29, 1.82) is 0 Å². The van der Waals surface area contributed by atoms with Crippen molar-refractivity contribution in [3.8, 4) is 5.75 Å². The largest absolute Gasteiger partial charge is 0.493 e. The standard InChI is InChI=1S/C12H15BrN2O2S/c1-7(2)15-11(8(17-3)6-14-15)12(16)9-4-5-10(13)18-9/h4-7,12,16H,1-3H3. The number of halogens is 1. The minimum atomic E-state index is -0.721. The first-order valence-electron chi connectivity index (χ1n) is 5.59. The Morgan fingerprint density at radius 3 is 2.67 bits per heavy atom. The molecular weight excluding hydrogens is 316 g/mol. The third-order valence-electron chi connectivity index (χ3n) is 2.63. The van der Waals surface area contributed by atoms with E-state index in [1.807, 2.05) is 26.0 Å². The quantitative estimate of drug-likeness (QED) is 0.934. The third kappa shape index (κ3) is 2.46. The summed E-state index contributed by atoms with van der Waals surface area (Å²) in [5.74, 6) is 0.612. The molecule has 0 fully saturated rings. The van der Waals surface area contributed by atoms with Gasteiger partial charge in [-0.25, -0.2) is 0 Å². The smallest absolute Gasteiger partial charge is 0.163 e. The van der Waals surface area contributed by atoms with E-state index in [1.54, 1.807) is 18.0 Å². The highest BCUT2D eigenvalue weighted by Gasteiger charge is 2.23. The van der Waals surface area contributed by atoms with Crippen LogP contribution in [-0.4, -0.2) is 22.0 Å². The minimum Gasteiger partial charge on any atom is -0.493 e. The van der Waals surface area contributed by atoms with Crippen molar-refractivity contribution in [2.75, 3.05) is 7.11 Å². The van der Waals surface area contributed by atoms with Gasteiger partial charge in [-0.15, -0.1) is 11.3 Å². The average molecular weight is 331 g/mol. The summed E-state index contributed by atoms with van der Waals surface area (Å²) in [6, 6.07) is 3.99. The van der Waals surface area contributed by atoms with Crippen LogP contribution in [0.1, 0.15) is 36.6 Å². The lowest BCUT2D eigenvalue weighted by atomic mass is 10.2. The van der Waals surface area contributed by atoms with Crippen LogP contribution in [0.15, 0.2) is 22.1 Å². The summed E-state index contributed by atoms with van der Waals surface area (Å²) >= 11 is 4.90. The van der Waals surface area contributed by atoms with Gasteiger partial charge in [-0.1, -0.05) is 0 Å². The monoisotopic (exact) mass is 330 g/mol. The number of aliphatic hydroxyl groups is 1. The highest BCUT2D eigenvalue weighted by molar-refractivity contribution is 9.11. The third-order valence-corrected chi connectivity index (χ3v) is 4.31. The van der Waals surface area contributed by atoms with Crippen LogP contribution in [0.25, 0.3) is 0 Å². The van der Waals surface area contributed by atoms with Gasteiger partial charge in [0.1, 0.15) is 11.8 Å². The molecule has 0 radical (unpaired) electrons. The van der Waals surface area contributed by atoms with Gasteiger partial charge in [0.2, 0.25) is 0 Å². The van der Waals surface area contributed by atoms with E-state index in [0.717, 1.165) is 8.66 Å². The predicted octanol–water partition coefficient (Wildman–Crippen LogP) is 3.38. The molecule has 2 aromatic rings. The van der Waals surface area contributed by atoms with E-state index >= 15 is 0 Å². The second kappa shape index (κ2) is 5.42. The molecule has 4 nitrogen and oxygen atoms in total. The zero-order valence-corrected chi connectivity index (χ0v) is 12.8. The van der Waals surface area contributed by atoms with Gasteiger partial charge >= 0.3 is 0 Å². The van der Waals surface area contributed by atoms with Crippen LogP contribution >= 0.6 is 27.3 Å². The molecule has 0 aliphatic heterocycles. The van der Waals surface area contributed by atoms with Crippen molar-refractivity contribution >= 4 is 27.3 Å². The Morgan fingerprint density at radius 2 is 2.17 bits per heavy atom. The fourth-order valence-corrected chi connectivity index (χ4v) is 3.21. The van der Waals surface area contributed by atoms with Crippen LogP contribution < -0.4 is 4.74 Å². The van der Waals surface area contributed by atoms with Crippen LogP contribution in [0.5, 0.6) is 5.75 Å². The number of aliphatic hydroxyl groups excluding tert-OH is 1. The summed E-state index contributed by atoms with van der Waals surface area (Å²) in [6.07, 6.45) is 0.919. The van der Waals surface area contributed by atoms with Gasteiger partial charge in [0, 0.05) is 10.9 Å². The van der Waals surface area contributed by atoms with Crippen molar-refractivity contribution in [3.05, 3.63) is 32.7 Å². The first-order valence-corrected chi connectivity index (χ1v) is 7.20. The van der Waals surface area contributed by atoms with Crippen LogP contribution in [-0.2, 0) is 0 Å². The Bertz CT molecular complexity index is 536. The summed E-state index contributed by atoms with van der Waals surface area (Å²) in [6.45, 7) is 4.04. The lowest BCUT2D eigenvalue weighted by Gasteiger charge is -2.16. The second-order valence-corrected chi connectivity index (χ2v) is 6.68. The molecule has 0 saturated heterocycles. The lowest BCUT2D eigenvalue weighted by Crippen LogP contribution is -2.12. The number of ether oxygens (including phenoxy) is 1. The van der Waals surface area contributed by atoms with E-state index in [4.69, 9.17) is 4.74 Å². The predicted molar refractivity (Wildman–Crippen MR) is 75.2 cm³/mol. The van der Waals surface area contributed by atoms with Gasteiger partial charge in [0.05, 0.1) is 17.1 Å². The van der Waals surface area contributed by atoms with Gasteiger partial charge in [-0.3, -0.25) is 4.68 Å². The summed E-state index contributed by atoms with van der Waals surface area (Å²) < 4.78 is 8.06. The summed E-state index contributed by atoms with van der Waals surface area (Å²) in [7, 11) is 1.59. The molecule has 0 aromatic carbocycles. The minimum absolute atomic E-state index is 0.168. The molecule has 6 heteroatoms. The molecule has 1 N–H and O–H groups in total. The molecule has 0 saturated carbocycles. The van der Waals surface area contributed by atoms with E-state index in [-0.39, 0.29) is 6.04 Å². The van der Waals surface area contributed by atoms with Crippen molar-refractivity contribution in [1.82, 2.24) is 9.78 Å². The van der Waals surface area contributed by atoms with Crippen LogP contribution in [0.2, 0.25) is 0 Å². The fourth-order valence-electron chi connectivity index (χ4n) is 1.79. The van der Waals surface area contributed by atoms with Crippen LogP contribution in [0.3, 0.4) is 0 Å². The number of rotatable bonds is 4. The van der Waals surface area contributed by atoms with Crippen molar-refractivity contribution < 1.29 is 9.84 Å². The molecular formula is C12H15BrN2O2S. The fraction of sp³-hybridized carbons (Fsp3) is 0.417. The number of hydrogen-bond donors (Lipinski definition) is 1. The molecule has 1 atom stereocenters. The Balaban J connectivity index is 2.45. The number of nitrogens with zero attached hydrogens (tertiary/aromatic N) is 2. The molecule has 0 aliphatic carbocycles. The average Bonchev–Trinajstić information content (AvgIpc) is 2.93. The topological polar surface area (TPSA) is 47.3 Å². The van der Waals surface area contributed by atoms with Crippen molar-refractivity contribution in [3.63, 3.8) is 0 Å². The van der Waals surface area contributed by atoms with Crippen LogP contribution in [0.4, 0.5) is 0 Å². The Hall–Kier alpha value is -0.850. The summed E-state index contributed by atoms with van der Waals surface area (Å²) in [5.41, 5.74) is 0.696. The molecule has 98 valence electrons. The van der Waals surface area contributed by atoms with E-state index in [9.17, 15) is 5.11 Å². The molecule has 2 aromatic heterocycles. The van der Waals surface area contributed by atoms with Gasteiger partial charge in [0.25, 0.3) is 0 Å². The molecule has 1 unspecified atom stereocenters. The molecule has 0 bridgehead atoms. The van der Waals surface area contributed by atoms with E-state index in [0.29, 0.717) is 11.4 Å². The maximum atomic E-state index is 10.5. The maximum absolute atomic E-state index is 10.5. The molecule has 2 heterocycles. The van der Waals surface area contributed by atoms with E-state index < -0.39 is 6.10 Å². The second-order valence-electron chi connectivity index (χ2n) is 4.18. The normalized spacial score (nSPS) is 13.0. The van der Waals surface area contributed by atoms with E-state index in [2.05, 4.69) is 21.0 Å². The zero-order chi connectivity index (χ0) is 13.3. The highest BCUT2D eigenvalue weighted by atomic mass is 79.9. The van der Waals surface area contributed by atoms with E-state index in [1.165, 1.54) is 11.3 Å². The lowest BCUT2D eigenvalue weighted by molar-refractivity contribution is 0.203. The highest BCUT2D eigenvalue weighted by Crippen LogP contribution is 2.36. The first kappa shape index (κ1) is 13.6. The van der Waals surface area contributed by atoms with Crippen molar-refractivity contribution in [2.45, 2.75) is 26.0 Å². The number of aromatic nitrogens is 2. The zero-order valence-electron chi connectivity index (χ0n) is 10.4. The Morgan fingerprint density at radius 1 is 1.44 bits per heavy atom. The number of methoxy groups -OCH3 is 1. The molecule has 0 amide bonds. The summed E-state index contributed by atoms with van der Waals surface area (Å²) in [5, 5.41) is 14.7. The first-order chi connectivity index (χ1) is 8.54. The number of thiophene rings is 1. The number of hydrogen-bond acceptors (Lipinski definition) is 4. The molecule has 18 heavy (non-hydrogen) atoms. The SMILES string of the molecule is COc1cnn(C(C)C)c1C(O)c1ccc(Br)s1.